The van der Waals surface area contributed by atoms with Crippen LogP contribution in [0.15, 0.2) is 63.3 Å². The number of thiazole rings is 2. The van der Waals surface area contributed by atoms with Gasteiger partial charge in [-0.3, -0.25) is 9.59 Å². The molecule has 2 N–H and O–H groups in total. The third kappa shape index (κ3) is 3.73. The fraction of sp³-hybridized carbons (Fsp3) is 0.0909. The van der Waals surface area contributed by atoms with E-state index in [0.29, 0.717) is 5.56 Å². The van der Waals surface area contributed by atoms with E-state index in [4.69, 9.17) is 0 Å². The number of carbonyl (C=O) groups is 2. The van der Waals surface area contributed by atoms with Crippen LogP contribution < -0.4 is 10.6 Å². The molecule has 4 aromatic rings. The maximum absolute atomic E-state index is 13.2. The molecule has 0 unspecified atom stereocenters. The third-order valence-electron chi connectivity index (χ3n) is 5.25. The molecule has 1 aliphatic heterocycles. The molecular weight excluding hydrogens is 480 g/mol. The predicted octanol–water partition coefficient (Wildman–Crippen LogP) is 3.90. The summed E-state index contributed by atoms with van der Waals surface area (Å²) in [6.45, 7) is 1.87. The van der Waals surface area contributed by atoms with Crippen LogP contribution in [0.2, 0.25) is 0 Å². The SMILES string of the molecule is Cc1c(C(=O)NCc2cnc(-c3cscn3)s2)ccc2c1NC(=O)c1ccccc1S2(=O)=O. The predicted molar refractivity (Wildman–Crippen MR) is 125 cm³/mol. The Kier molecular flexibility index (Phi) is 5.31. The molecule has 0 saturated carbocycles. The van der Waals surface area contributed by atoms with Crippen molar-refractivity contribution in [2.24, 2.45) is 0 Å². The van der Waals surface area contributed by atoms with E-state index >= 15 is 0 Å². The number of hydrogen-bond acceptors (Lipinski definition) is 8. The molecule has 33 heavy (non-hydrogen) atoms. The van der Waals surface area contributed by atoms with Crippen LogP contribution in [0, 0.1) is 6.92 Å². The first-order valence-corrected chi connectivity index (χ1v) is 13.0. The molecule has 0 fully saturated rings. The van der Waals surface area contributed by atoms with Crippen LogP contribution in [0.5, 0.6) is 0 Å². The first-order chi connectivity index (χ1) is 15.9. The fourth-order valence-electron chi connectivity index (χ4n) is 3.59. The molecule has 0 bridgehead atoms. The van der Waals surface area contributed by atoms with Crippen molar-refractivity contribution >= 4 is 50.0 Å². The quantitative estimate of drug-likeness (QED) is 0.442. The van der Waals surface area contributed by atoms with E-state index in [1.54, 1.807) is 30.8 Å². The van der Waals surface area contributed by atoms with Gasteiger partial charge in [0.1, 0.15) is 10.7 Å². The fourth-order valence-corrected chi connectivity index (χ4v) is 6.68. The van der Waals surface area contributed by atoms with Crippen molar-refractivity contribution in [3.05, 3.63) is 75.1 Å². The Morgan fingerprint density at radius 2 is 1.94 bits per heavy atom. The minimum absolute atomic E-state index is 0.0368. The Bertz CT molecular complexity index is 1510. The van der Waals surface area contributed by atoms with Gasteiger partial charge in [0, 0.05) is 22.0 Å². The average molecular weight is 497 g/mol. The van der Waals surface area contributed by atoms with E-state index in [1.807, 2.05) is 5.38 Å². The molecule has 2 amide bonds. The van der Waals surface area contributed by atoms with Crippen LogP contribution in [0.25, 0.3) is 10.7 Å². The van der Waals surface area contributed by atoms with Gasteiger partial charge in [-0.25, -0.2) is 18.4 Å². The van der Waals surface area contributed by atoms with Gasteiger partial charge >= 0.3 is 0 Å². The molecule has 11 heteroatoms. The summed E-state index contributed by atoms with van der Waals surface area (Å²) in [5.41, 5.74) is 3.37. The zero-order valence-electron chi connectivity index (χ0n) is 17.2. The number of benzene rings is 2. The summed E-state index contributed by atoms with van der Waals surface area (Å²) in [6.07, 6.45) is 1.69. The molecule has 0 aliphatic carbocycles. The summed E-state index contributed by atoms with van der Waals surface area (Å²) in [4.78, 5) is 34.9. The van der Waals surface area contributed by atoms with Crippen molar-refractivity contribution in [2.45, 2.75) is 23.3 Å². The van der Waals surface area contributed by atoms with E-state index in [2.05, 4.69) is 20.6 Å². The van der Waals surface area contributed by atoms with Crippen LogP contribution in [-0.2, 0) is 16.4 Å². The summed E-state index contributed by atoms with van der Waals surface area (Å²) < 4.78 is 26.4. The zero-order valence-corrected chi connectivity index (χ0v) is 19.6. The summed E-state index contributed by atoms with van der Waals surface area (Å²) in [7, 11) is -3.94. The van der Waals surface area contributed by atoms with Gasteiger partial charge in [-0.1, -0.05) is 12.1 Å². The number of anilines is 1. The maximum Gasteiger partial charge on any atom is 0.257 e. The second-order valence-electron chi connectivity index (χ2n) is 7.25. The molecule has 0 atom stereocenters. The first-order valence-electron chi connectivity index (χ1n) is 9.77. The van der Waals surface area contributed by atoms with E-state index in [1.165, 1.54) is 46.9 Å². The standard InChI is InChI=1S/C22H16N4O4S3/c1-12-14(20(27)23-8-13-9-24-22(32-13)16-10-31-11-25-16)6-7-18-19(12)26-21(28)15-4-2-3-5-17(15)33(18,29)30/h2-7,9-11H,8H2,1H3,(H,23,27)(H,26,28). The van der Waals surface area contributed by atoms with E-state index in [0.717, 1.165) is 15.6 Å². The molecule has 3 heterocycles. The zero-order chi connectivity index (χ0) is 23.2. The van der Waals surface area contributed by atoms with Crippen LogP contribution in [0.3, 0.4) is 0 Å². The van der Waals surface area contributed by atoms with Crippen LogP contribution in [0.1, 0.15) is 31.2 Å². The highest BCUT2D eigenvalue weighted by atomic mass is 32.2. The van der Waals surface area contributed by atoms with Crippen molar-refractivity contribution in [1.29, 1.82) is 0 Å². The molecule has 0 radical (unpaired) electrons. The number of rotatable bonds is 4. The highest BCUT2D eigenvalue weighted by molar-refractivity contribution is 7.91. The maximum atomic E-state index is 13.2. The molecule has 166 valence electrons. The molecular formula is C22H16N4O4S3. The average Bonchev–Trinajstić information content (AvgIpc) is 3.49. The van der Waals surface area contributed by atoms with E-state index in [9.17, 15) is 18.0 Å². The van der Waals surface area contributed by atoms with Gasteiger partial charge in [0.15, 0.2) is 0 Å². The number of fused-ring (bicyclic) bond motifs is 2. The van der Waals surface area contributed by atoms with E-state index < -0.39 is 15.7 Å². The highest BCUT2D eigenvalue weighted by Crippen LogP contribution is 2.36. The smallest absolute Gasteiger partial charge is 0.257 e. The van der Waals surface area contributed by atoms with Crippen LogP contribution >= 0.6 is 22.7 Å². The third-order valence-corrected chi connectivity index (χ3v) is 8.71. The number of sulfone groups is 1. The van der Waals surface area contributed by atoms with Crippen molar-refractivity contribution in [3.63, 3.8) is 0 Å². The normalized spacial score (nSPS) is 14.0. The highest BCUT2D eigenvalue weighted by Gasteiger charge is 2.32. The lowest BCUT2D eigenvalue weighted by Crippen LogP contribution is -2.24. The molecule has 2 aromatic carbocycles. The number of amides is 2. The Morgan fingerprint density at radius 3 is 2.73 bits per heavy atom. The molecule has 0 spiro atoms. The number of hydrogen-bond donors (Lipinski definition) is 2. The summed E-state index contributed by atoms with van der Waals surface area (Å²) >= 11 is 2.92. The van der Waals surface area contributed by atoms with Crippen LogP contribution in [0.4, 0.5) is 5.69 Å². The lowest BCUT2D eigenvalue weighted by atomic mass is 10.1. The summed E-state index contributed by atoms with van der Waals surface area (Å²) in [6, 6.07) is 8.88. The van der Waals surface area contributed by atoms with Gasteiger partial charge < -0.3 is 10.6 Å². The molecule has 1 aliphatic rings. The largest absolute Gasteiger partial charge is 0.347 e. The summed E-state index contributed by atoms with van der Waals surface area (Å²) in [5, 5.41) is 8.19. The minimum atomic E-state index is -3.94. The topological polar surface area (TPSA) is 118 Å². The first kappa shape index (κ1) is 21.4. The number of aromatic nitrogens is 2. The number of carbonyl (C=O) groups excluding carboxylic acids is 2. The van der Waals surface area contributed by atoms with Gasteiger partial charge in [-0.2, -0.15) is 0 Å². The molecule has 8 nitrogen and oxygen atoms in total. The molecule has 0 saturated heterocycles. The molecule has 5 rings (SSSR count). The lowest BCUT2D eigenvalue weighted by molar-refractivity contribution is 0.0949. The van der Waals surface area contributed by atoms with Gasteiger partial charge in [-0.15, -0.1) is 22.7 Å². The number of nitrogens with zero attached hydrogens (tertiary/aromatic N) is 2. The van der Waals surface area contributed by atoms with Gasteiger partial charge in [0.25, 0.3) is 11.8 Å². The molecule has 2 aromatic heterocycles. The Labute approximate surface area is 197 Å². The Hall–Kier alpha value is -3.41. The second-order valence-corrected chi connectivity index (χ2v) is 11.0. The van der Waals surface area contributed by atoms with Crippen LogP contribution in [-0.4, -0.2) is 30.2 Å². The van der Waals surface area contributed by atoms with Gasteiger partial charge in [0.05, 0.1) is 33.1 Å². The van der Waals surface area contributed by atoms with Crippen molar-refractivity contribution in [3.8, 4) is 10.7 Å². The van der Waals surface area contributed by atoms with Crippen molar-refractivity contribution < 1.29 is 18.0 Å². The van der Waals surface area contributed by atoms with E-state index in [-0.39, 0.29) is 39.1 Å². The Balaban J connectivity index is 1.43. The lowest BCUT2D eigenvalue weighted by Gasteiger charge is -2.14. The minimum Gasteiger partial charge on any atom is -0.347 e. The van der Waals surface area contributed by atoms with Gasteiger partial charge in [-0.05, 0) is 36.8 Å². The van der Waals surface area contributed by atoms with Crippen molar-refractivity contribution in [1.82, 2.24) is 15.3 Å². The van der Waals surface area contributed by atoms with Crippen molar-refractivity contribution in [2.75, 3.05) is 5.32 Å². The Morgan fingerprint density at radius 1 is 1.12 bits per heavy atom. The number of nitrogens with one attached hydrogen (secondary N) is 2. The van der Waals surface area contributed by atoms with Gasteiger partial charge in [0.2, 0.25) is 9.84 Å². The monoisotopic (exact) mass is 496 g/mol. The summed E-state index contributed by atoms with van der Waals surface area (Å²) in [5.74, 6) is -0.917. The second kappa shape index (κ2) is 8.18.